The van der Waals surface area contributed by atoms with Gasteiger partial charge in [-0.3, -0.25) is 19.2 Å². The third kappa shape index (κ3) is 2.51. The number of fused-ring (bicyclic) bond motifs is 2. The van der Waals surface area contributed by atoms with E-state index < -0.39 is 34.0 Å². The van der Waals surface area contributed by atoms with Crippen molar-refractivity contribution < 1.29 is 48.0 Å². The summed E-state index contributed by atoms with van der Waals surface area (Å²) in [5.41, 5.74) is -3.70. The molecule has 31 heavy (non-hydrogen) atoms. The van der Waals surface area contributed by atoms with Crippen molar-refractivity contribution in [2.24, 2.45) is 10.8 Å². The number of hydrogen-bond donors (Lipinski definition) is 1. The van der Waals surface area contributed by atoms with Crippen molar-refractivity contribution in [2.45, 2.75) is 49.1 Å². The Morgan fingerprint density at radius 2 is 1.42 bits per heavy atom. The Bertz CT molecular complexity index is 938. The number of methoxy groups -OCH3 is 1. The van der Waals surface area contributed by atoms with Crippen LogP contribution >= 0.6 is 0 Å². The second kappa shape index (κ2) is 6.39. The summed E-state index contributed by atoms with van der Waals surface area (Å²) < 4.78 is 26.1. The molecule has 0 amide bonds. The van der Waals surface area contributed by atoms with E-state index in [0.29, 0.717) is 12.8 Å². The predicted molar refractivity (Wildman–Crippen MR) is 98.4 cm³/mol. The molecule has 2 spiro atoms. The molecule has 4 fully saturated rings. The minimum atomic E-state index is -1.11. The second-order valence-corrected chi connectivity index (χ2v) is 8.85. The minimum absolute atomic E-state index is 0.0190. The van der Waals surface area contributed by atoms with E-state index in [1.165, 1.54) is 7.11 Å². The van der Waals surface area contributed by atoms with Gasteiger partial charge in [-0.2, -0.15) is 0 Å². The summed E-state index contributed by atoms with van der Waals surface area (Å²) >= 11 is 0. The highest BCUT2D eigenvalue weighted by molar-refractivity contribution is 5.88. The van der Waals surface area contributed by atoms with Gasteiger partial charge in [0.05, 0.1) is 32.2 Å². The maximum absolute atomic E-state index is 12.0. The fraction of sp³-hybridized carbons (Fsp3) is 0.619. The third-order valence-electron chi connectivity index (χ3n) is 7.38. The SMILES string of the molecule is COC(=O)C12CC(=O)OCC13C=CC(C2)O3.O=C1CC2(C(=O)O)CC3C=CC2(CO1)O3. The lowest BCUT2D eigenvalue weighted by Gasteiger charge is -2.42. The van der Waals surface area contributed by atoms with Crippen LogP contribution in [0.15, 0.2) is 24.3 Å². The number of rotatable bonds is 2. The second-order valence-electron chi connectivity index (χ2n) is 8.85. The number of ether oxygens (including phenoxy) is 5. The van der Waals surface area contributed by atoms with Crippen molar-refractivity contribution in [3.63, 3.8) is 0 Å². The van der Waals surface area contributed by atoms with Crippen molar-refractivity contribution in [3.05, 3.63) is 24.3 Å². The van der Waals surface area contributed by atoms with E-state index in [2.05, 4.69) is 0 Å². The summed E-state index contributed by atoms with van der Waals surface area (Å²) in [5, 5.41) is 9.31. The molecule has 6 atom stereocenters. The van der Waals surface area contributed by atoms with Crippen molar-refractivity contribution in [3.8, 4) is 0 Å². The molecule has 166 valence electrons. The maximum atomic E-state index is 12.0. The molecular formula is C21H22O10. The molecule has 6 aliphatic rings. The van der Waals surface area contributed by atoms with E-state index in [9.17, 15) is 24.3 Å². The summed E-state index contributed by atoms with van der Waals surface area (Å²) in [6.07, 6.45) is 7.87. The largest absolute Gasteiger partial charge is 0.481 e. The van der Waals surface area contributed by atoms with Crippen LogP contribution in [-0.2, 0) is 42.9 Å². The predicted octanol–water partition coefficient (Wildman–Crippen LogP) is 0.292. The van der Waals surface area contributed by atoms with Gasteiger partial charge in [0.2, 0.25) is 0 Å². The zero-order valence-electron chi connectivity index (χ0n) is 16.8. The van der Waals surface area contributed by atoms with Gasteiger partial charge in [-0.1, -0.05) is 12.2 Å². The van der Waals surface area contributed by atoms with Crippen LogP contribution in [0.3, 0.4) is 0 Å². The van der Waals surface area contributed by atoms with Gasteiger partial charge in [0.25, 0.3) is 0 Å². The number of carbonyl (C=O) groups is 4. The maximum Gasteiger partial charge on any atom is 0.315 e. The first-order chi connectivity index (χ1) is 14.7. The van der Waals surface area contributed by atoms with Gasteiger partial charge in [0.1, 0.15) is 35.2 Å². The van der Waals surface area contributed by atoms with Crippen molar-refractivity contribution in [1.29, 1.82) is 0 Å². The van der Waals surface area contributed by atoms with Crippen LogP contribution in [0.1, 0.15) is 25.7 Å². The number of carboxylic acids is 1. The lowest BCUT2D eigenvalue weighted by atomic mass is 9.65. The molecule has 6 aliphatic heterocycles. The molecule has 10 nitrogen and oxygen atoms in total. The minimum Gasteiger partial charge on any atom is -0.481 e. The highest BCUT2D eigenvalue weighted by Crippen LogP contribution is 2.57. The number of carbonyl (C=O) groups excluding carboxylic acids is 3. The van der Waals surface area contributed by atoms with E-state index in [0.717, 1.165) is 0 Å². The van der Waals surface area contributed by atoms with Gasteiger partial charge in [-0.15, -0.1) is 0 Å². The van der Waals surface area contributed by atoms with Crippen LogP contribution in [0.5, 0.6) is 0 Å². The van der Waals surface area contributed by atoms with Crippen LogP contribution in [0.25, 0.3) is 0 Å². The summed E-state index contributed by atoms with van der Waals surface area (Å²) in [7, 11) is 1.33. The number of hydrogen-bond acceptors (Lipinski definition) is 9. The van der Waals surface area contributed by atoms with Gasteiger partial charge >= 0.3 is 23.9 Å². The number of carboxylic acid groups (broad SMARTS) is 1. The van der Waals surface area contributed by atoms with Gasteiger partial charge < -0.3 is 28.8 Å². The Balaban J connectivity index is 0.000000132. The zero-order valence-corrected chi connectivity index (χ0v) is 16.8. The summed E-state index contributed by atoms with van der Waals surface area (Å²) in [6.45, 7) is 0.124. The Hall–Kier alpha value is -2.72. The molecular weight excluding hydrogens is 412 g/mol. The Kier molecular flexibility index (Phi) is 4.17. The molecule has 1 N–H and O–H groups in total. The van der Waals surface area contributed by atoms with E-state index in [1.807, 2.05) is 18.2 Å². The Morgan fingerprint density at radius 3 is 1.90 bits per heavy atom. The molecule has 6 heterocycles. The molecule has 4 saturated heterocycles. The molecule has 0 aromatic rings. The number of cyclic esters (lactones) is 2. The Labute approximate surface area is 177 Å². The van der Waals surface area contributed by atoms with Crippen LogP contribution < -0.4 is 0 Å². The smallest absolute Gasteiger partial charge is 0.315 e. The molecule has 0 saturated carbocycles. The summed E-state index contributed by atoms with van der Waals surface area (Å²) in [6, 6.07) is 0. The first-order valence-electron chi connectivity index (χ1n) is 10.1. The van der Waals surface area contributed by atoms with Crippen molar-refractivity contribution in [1.82, 2.24) is 0 Å². The van der Waals surface area contributed by atoms with E-state index in [4.69, 9.17) is 23.7 Å². The molecule has 6 unspecified atom stereocenters. The normalized spacial score (nSPS) is 45.2. The third-order valence-corrected chi connectivity index (χ3v) is 7.38. The van der Waals surface area contributed by atoms with Gasteiger partial charge in [-0.25, -0.2) is 0 Å². The van der Waals surface area contributed by atoms with Gasteiger partial charge in [0, 0.05) is 0 Å². The summed E-state index contributed by atoms with van der Waals surface area (Å²) in [5.74, 6) is -2.16. The quantitative estimate of drug-likeness (QED) is 0.367. The average molecular weight is 434 g/mol. The fourth-order valence-electron chi connectivity index (χ4n) is 5.74. The Morgan fingerprint density at radius 1 is 0.935 bits per heavy atom. The molecule has 0 aliphatic carbocycles. The summed E-state index contributed by atoms with van der Waals surface area (Å²) in [4.78, 5) is 45.9. The highest BCUT2D eigenvalue weighted by atomic mass is 16.6. The molecule has 0 aromatic heterocycles. The number of aliphatic carboxylic acids is 1. The number of esters is 3. The topological polar surface area (TPSA) is 135 Å². The lowest BCUT2D eigenvalue weighted by molar-refractivity contribution is -0.188. The van der Waals surface area contributed by atoms with Crippen LogP contribution in [0.2, 0.25) is 0 Å². The standard InChI is InChI=1S/C11H12O5.C10H10O5/c1-14-9(13)10-4-7-2-3-11(10,16-7)6-15-8(12)5-10;11-7-4-9(8(12)13)3-6-1-2-10(9,15-6)5-14-7/h2-3,7H,4-6H2,1H3;1-2,6H,3-5H2,(H,12,13). The molecule has 0 aromatic carbocycles. The van der Waals surface area contributed by atoms with E-state index >= 15 is 0 Å². The highest BCUT2D eigenvalue weighted by Gasteiger charge is 2.70. The lowest BCUT2D eigenvalue weighted by Crippen LogP contribution is -2.57. The zero-order chi connectivity index (χ0) is 22.1. The van der Waals surface area contributed by atoms with Crippen LogP contribution in [0.4, 0.5) is 0 Å². The molecule has 10 heteroatoms. The molecule has 6 rings (SSSR count). The van der Waals surface area contributed by atoms with E-state index in [1.54, 1.807) is 6.08 Å². The fourth-order valence-corrected chi connectivity index (χ4v) is 5.74. The van der Waals surface area contributed by atoms with E-state index in [-0.39, 0.29) is 50.2 Å². The van der Waals surface area contributed by atoms with Gasteiger partial charge in [0.15, 0.2) is 0 Å². The average Bonchev–Trinajstić information content (AvgIpc) is 3.49. The molecule has 0 radical (unpaired) electrons. The first-order valence-corrected chi connectivity index (χ1v) is 10.1. The van der Waals surface area contributed by atoms with Crippen LogP contribution in [0, 0.1) is 10.8 Å². The van der Waals surface area contributed by atoms with Crippen molar-refractivity contribution in [2.75, 3.05) is 20.3 Å². The monoisotopic (exact) mass is 434 g/mol. The first kappa shape index (κ1) is 20.2. The molecule has 4 bridgehead atoms. The van der Waals surface area contributed by atoms with Gasteiger partial charge in [-0.05, 0) is 25.0 Å². The van der Waals surface area contributed by atoms with Crippen LogP contribution in [-0.4, -0.2) is 72.7 Å². The van der Waals surface area contributed by atoms with Crippen molar-refractivity contribution >= 4 is 23.9 Å².